The molecular weight excluding hydrogens is 559 g/mol. The van der Waals surface area contributed by atoms with Crippen LogP contribution in [0.15, 0.2) is 164 Å². The Morgan fingerprint density at radius 2 is 0.739 bits per heavy atom. The van der Waals surface area contributed by atoms with Gasteiger partial charge in [0.25, 0.3) is 0 Å². The van der Waals surface area contributed by atoms with E-state index in [9.17, 15) is 0 Å². The summed E-state index contributed by atoms with van der Waals surface area (Å²) in [4.78, 5) is 12.9. The second kappa shape index (κ2) is 9.72. The molecule has 0 unspecified atom stereocenters. The summed E-state index contributed by atoms with van der Waals surface area (Å²) in [6.45, 7) is 0. The van der Waals surface area contributed by atoms with E-state index < -0.39 is 0 Å². The summed E-state index contributed by atoms with van der Waals surface area (Å²) in [7, 11) is -0.153. The monoisotopic (exact) mass is 586 g/mol. The average Bonchev–Trinajstić information content (AvgIpc) is 3.64. The van der Waals surface area contributed by atoms with Crippen LogP contribution in [-0.4, -0.2) is 12.1 Å². The molecule has 3 heterocycles. The number of fused-ring (bicyclic) bond motifs is 13. The highest BCUT2D eigenvalue weighted by molar-refractivity contribution is 6.80. The first-order valence-electron chi connectivity index (χ1n) is 15.8. The van der Waals surface area contributed by atoms with Crippen molar-refractivity contribution in [1.82, 2.24) is 4.98 Å². The standard InChI is InChI=1S/C41H27BN4/c1-2-14-28(15-3-1)44-36-22-10-11-23-37(36)45-38-24-12-13-25-39(38)46(42(44)45)40-27-26-35-33-20-7-6-18-31(33)29-16-4-5-17-30(29)32-19-8-9-21-34(32)41(35)43-40/h1-27H. The van der Waals surface area contributed by atoms with Crippen molar-refractivity contribution >= 4 is 41.4 Å². The van der Waals surface area contributed by atoms with Gasteiger partial charge in [-0.25, -0.2) is 4.98 Å². The Hall–Kier alpha value is -6.07. The zero-order valence-corrected chi connectivity index (χ0v) is 25.0. The van der Waals surface area contributed by atoms with Crippen LogP contribution < -0.4 is 14.4 Å². The first-order chi connectivity index (χ1) is 22.9. The maximum Gasteiger partial charge on any atom is 0.520 e. The predicted molar refractivity (Wildman–Crippen MR) is 191 cm³/mol. The third-order valence-corrected chi connectivity index (χ3v) is 9.56. The van der Waals surface area contributed by atoms with Gasteiger partial charge in [0.15, 0.2) is 0 Å². The highest BCUT2D eigenvalue weighted by atomic mass is 15.5. The molecule has 0 saturated heterocycles. The summed E-state index contributed by atoms with van der Waals surface area (Å²) in [5.41, 5.74) is 15.2. The van der Waals surface area contributed by atoms with Crippen LogP contribution in [0.2, 0.25) is 0 Å². The van der Waals surface area contributed by atoms with Crippen molar-refractivity contribution in [2.45, 2.75) is 0 Å². The number of hydrogen-bond acceptors (Lipinski definition) is 4. The fraction of sp³-hybridized carbons (Fsp3) is 0. The molecule has 5 heteroatoms. The Labute approximate surface area is 268 Å². The molecule has 10 rings (SSSR count). The van der Waals surface area contributed by atoms with E-state index in [-0.39, 0.29) is 7.12 Å². The molecule has 1 aromatic heterocycles. The zero-order valence-electron chi connectivity index (χ0n) is 25.0. The van der Waals surface area contributed by atoms with E-state index in [0.29, 0.717) is 0 Å². The van der Waals surface area contributed by atoms with E-state index >= 15 is 0 Å². The van der Waals surface area contributed by atoms with Gasteiger partial charge >= 0.3 is 7.12 Å². The summed E-state index contributed by atoms with van der Waals surface area (Å²) in [5, 5.41) is 0. The summed E-state index contributed by atoms with van der Waals surface area (Å²) >= 11 is 0. The van der Waals surface area contributed by atoms with Crippen molar-refractivity contribution in [3.05, 3.63) is 164 Å². The van der Waals surface area contributed by atoms with Crippen LogP contribution >= 0.6 is 0 Å². The van der Waals surface area contributed by atoms with Crippen molar-refractivity contribution in [1.29, 1.82) is 0 Å². The Kier molecular flexibility index (Phi) is 5.34. The number of benzene rings is 6. The summed E-state index contributed by atoms with van der Waals surface area (Å²) in [6, 6.07) is 58.8. The minimum absolute atomic E-state index is 0.153. The van der Waals surface area contributed by atoms with E-state index in [2.05, 4.69) is 178 Å². The number of aromatic nitrogens is 1. The molecule has 0 radical (unpaired) electrons. The average molecular weight is 587 g/mol. The first-order valence-corrected chi connectivity index (χ1v) is 15.8. The lowest BCUT2D eigenvalue weighted by Gasteiger charge is -2.31. The van der Waals surface area contributed by atoms with Gasteiger partial charge in [-0.2, -0.15) is 0 Å². The Morgan fingerprint density at radius 3 is 1.30 bits per heavy atom. The van der Waals surface area contributed by atoms with Crippen LogP contribution in [0, 0.1) is 0 Å². The molecule has 0 amide bonds. The van der Waals surface area contributed by atoms with Gasteiger partial charge in [-0.05, 0) is 76.3 Å². The first kappa shape index (κ1) is 25.3. The normalized spacial score (nSPS) is 13.5. The van der Waals surface area contributed by atoms with Gasteiger partial charge < -0.3 is 14.4 Å². The number of nitrogens with zero attached hydrogens (tertiary/aromatic N) is 4. The van der Waals surface area contributed by atoms with Crippen LogP contribution in [-0.2, 0) is 0 Å². The summed E-state index contributed by atoms with van der Waals surface area (Å²) < 4.78 is 0. The van der Waals surface area contributed by atoms with Gasteiger partial charge in [0.05, 0.1) is 28.4 Å². The fourth-order valence-corrected chi connectivity index (χ4v) is 7.66. The largest absolute Gasteiger partial charge is 0.520 e. The van der Waals surface area contributed by atoms with Crippen LogP contribution in [0.5, 0.6) is 0 Å². The lowest BCUT2D eigenvalue weighted by atomic mass is 9.82. The molecular formula is C41H27BN4. The van der Waals surface area contributed by atoms with Gasteiger partial charge in [-0.1, -0.05) is 115 Å². The minimum atomic E-state index is -0.153. The second-order valence-corrected chi connectivity index (χ2v) is 12.0. The number of para-hydroxylation sites is 5. The van der Waals surface area contributed by atoms with E-state index in [1.165, 1.54) is 44.9 Å². The van der Waals surface area contributed by atoms with E-state index in [1.54, 1.807) is 0 Å². The summed E-state index contributed by atoms with van der Waals surface area (Å²) in [5.74, 6) is 0.911. The molecule has 2 aliphatic heterocycles. The molecule has 6 aromatic carbocycles. The topological polar surface area (TPSA) is 22.6 Å². The molecule has 3 aliphatic rings. The van der Waals surface area contributed by atoms with E-state index in [1.807, 2.05) is 0 Å². The number of anilines is 6. The van der Waals surface area contributed by atoms with Crippen molar-refractivity contribution in [3.63, 3.8) is 0 Å². The van der Waals surface area contributed by atoms with Crippen LogP contribution in [0.25, 0.3) is 44.6 Å². The molecule has 0 fully saturated rings. The molecule has 0 spiro atoms. The van der Waals surface area contributed by atoms with Crippen molar-refractivity contribution < 1.29 is 0 Å². The lowest BCUT2D eigenvalue weighted by molar-refractivity contribution is 1.22. The van der Waals surface area contributed by atoms with E-state index in [0.717, 1.165) is 34.0 Å². The molecule has 0 atom stereocenters. The Bertz CT molecular complexity index is 2300. The molecule has 7 aromatic rings. The fourth-order valence-electron chi connectivity index (χ4n) is 7.66. The van der Waals surface area contributed by atoms with Gasteiger partial charge in [0.2, 0.25) is 0 Å². The molecule has 1 aliphatic carbocycles. The quantitative estimate of drug-likeness (QED) is 0.188. The van der Waals surface area contributed by atoms with Crippen molar-refractivity contribution in [3.8, 4) is 44.6 Å². The highest BCUT2D eigenvalue weighted by Crippen LogP contribution is 2.56. The summed E-state index contributed by atoms with van der Waals surface area (Å²) in [6.07, 6.45) is 0. The molecule has 0 N–H and O–H groups in total. The van der Waals surface area contributed by atoms with Crippen molar-refractivity contribution in [2.24, 2.45) is 0 Å². The van der Waals surface area contributed by atoms with Gasteiger partial charge in [0, 0.05) is 16.8 Å². The van der Waals surface area contributed by atoms with Crippen LogP contribution in [0.4, 0.5) is 34.3 Å². The van der Waals surface area contributed by atoms with Gasteiger partial charge in [0.1, 0.15) is 5.82 Å². The van der Waals surface area contributed by atoms with Crippen LogP contribution in [0.3, 0.4) is 0 Å². The molecule has 0 saturated carbocycles. The predicted octanol–water partition coefficient (Wildman–Crippen LogP) is 10.5. The van der Waals surface area contributed by atoms with Crippen molar-refractivity contribution in [2.75, 3.05) is 14.4 Å². The van der Waals surface area contributed by atoms with Crippen LogP contribution in [0.1, 0.15) is 0 Å². The molecule has 46 heavy (non-hydrogen) atoms. The Balaban J connectivity index is 1.24. The molecule has 214 valence electrons. The lowest BCUT2D eigenvalue weighted by Crippen LogP contribution is -2.51. The maximum absolute atomic E-state index is 5.63. The maximum atomic E-state index is 5.63. The third-order valence-electron chi connectivity index (χ3n) is 9.56. The molecule has 4 nitrogen and oxygen atoms in total. The Morgan fingerprint density at radius 1 is 0.326 bits per heavy atom. The number of rotatable bonds is 2. The number of hydrogen-bond donors (Lipinski definition) is 0. The van der Waals surface area contributed by atoms with Gasteiger partial charge in [-0.3, -0.25) is 0 Å². The minimum Gasteiger partial charge on any atom is -0.343 e. The second-order valence-electron chi connectivity index (χ2n) is 12.0. The van der Waals surface area contributed by atoms with Gasteiger partial charge in [-0.15, -0.1) is 0 Å². The highest BCUT2D eigenvalue weighted by Gasteiger charge is 2.53. The SMILES string of the molecule is c1ccc(N2B3N(c4ccc5c(n4)-c4ccccc4-c4ccccc4-c4ccccc4-5)c4ccccc4N3c3ccccc32)cc1. The van der Waals surface area contributed by atoms with E-state index in [4.69, 9.17) is 4.98 Å². The number of pyridine rings is 1. The smallest absolute Gasteiger partial charge is 0.343 e. The zero-order chi connectivity index (χ0) is 30.2. The third kappa shape index (κ3) is 3.48. The molecule has 0 bridgehead atoms.